The Balaban J connectivity index is 2.02. The van der Waals surface area contributed by atoms with Crippen LogP contribution in [0.2, 0.25) is 0 Å². The smallest absolute Gasteiger partial charge is 0.287 e. The highest BCUT2D eigenvalue weighted by Gasteiger charge is 2.11. The van der Waals surface area contributed by atoms with Crippen LogP contribution in [0.3, 0.4) is 0 Å². The molecule has 1 amide bonds. The summed E-state index contributed by atoms with van der Waals surface area (Å²) in [5, 5.41) is 4.28. The standard InChI is InChI=1S/C11H13N5O2S/c1-6-3-7(2)14-11(13-6)19-5-8-4-9(16-18-8)10(17)15-12/h3-4H,5,12H2,1-2H3,(H,15,17). The average Bonchev–Trinajstić information content (AvgIpc) is 2.83. The number of amides is 1. The average molecular weight is 279 g/mol. The number of hydrogen-bond acceptors (Lipinski definition) is 7. The van der Waals surface area contributed by atoms with Crippen molar-refractivity contribution in [2.45, 2.75) is 24.8 Å². The summed E-state index contributed by atoms with van der Waals surface area (Å²) in [6, 6.07) is 3.44. The summed E-state index contributed by atoms with van der Waals surface area (Å²) in [5.74, 6) is 5.58. The minimum atomic E-state index is -0.484. The highest BCUT2D eigenvalue weighted by molar-refractivity contribution is 7.98. The van der Waals surface area contributed by atoms with Crippen molar-refractivity contribution in [3.63, 3.8) is 0 Å². The van der Waals surface area contributed by atoms with Crippen LogP contribution in [0.15, 0.2) is 21.8 Å². The van der Waals surface area contributed by atoms with Gasteiger partial charge in [0, 0.05) is 17.5 Å². The Morgan fingerprint density at radius 1 is 1.37 bits per heavy atom. The fourth-order valence-electron chi connectivity index (χ4n) is 1.46. The Kier molecular flexibility index (Phi) is 4.13. The number of carbonyl (C=O) groups excluding carboxylic acids is 1. The molecule has 0 aliphatic rings. The van der Waals surface area contributed by atoms with Gasteiger partial charge in [-0.3, -0.25) is 10.2 Å². The Morgan fingerprint density at radius 2 is 2.05 bits per heavy atom. The van der Waals surface area contributed by atoms with Gasteiger partial charge in [-0.1, -0.05) is 16.9 Å². The summed E-state index contributed by atoms with van der Waals surface area (Å²) >= 11 is 1.42. The summed E-state index contributed by atoms with van der Waals surface area (Å²) in [7, 11) is 0. The van der Waals surface area contributed by atoms with Crippen molar-refractivity contribution in [1.82, 2.24) is 20.6 Å². The Hall–Kier alpha value is -1.93. The minimum absolute atomic E-state index is 0.152. The third kappa shape index (κ3) is 3.52. The largest absolute Gasteiger partial charge is 0.360 e. The fraction of sp³-hybridized carbons (Fsp3) is 0.273. The summed E-state index contributed by atoms with van der Waals surface area (Å²) in [6.45, 7) is 3.83. The second-order valence-electron chi connectivity index (χ2n) is 3.87. The van der Waals surface area contributed by atoms with Crippen molar-refractivity contribution in [1.29, 1.82) is 0 Å². The van der Waals surface area contributed by atoms with E-state index in [2.05, 4.69) is 15.1 Å². The molecule has 8 heteroatoms. The fourth-order valence-corrected chi connectivity index (χ4v) is 2.28. The predicted octanol–water partition coefficient (Wildman–Crippen LogP) is 0.977. The predicted molar refractivity (Wildman–Crippen MR) is 69.2 cm³/mol. The van der Waals surface area contributed by atoms with E-state index < -0.39 is 5.91 Å². The number of hydrazine groups is 1. The van der Waals surface area contributed by atoms with Crippen LogP contribution < -0.4 is 11.3 Å². The number of aryl methyl sites for hydroxylation is 2. The van der Waals surface area contributed by atoms with Gasteiger partial charge in [0.25, 0.3) is 5.91 Å². The van der Waals surface area contributed by atoms with Crippen molar-refractivity contribution in [2.24, 2.45) is 5.84 Å². The van der Waals surface area contributed by atoms with E-state index in [9.17, 15) is 4.79 Å². The van der Waals surface area contributed by atoms with Gasteiger partial charge in [-0.2, -0.15) is 0 Å². The van der Waals surface area contributed by atoms with Gasteiger partial charge >= 0.3 is 0 Å². The first-order valence-corrected chi connectivity index (χ1v) is 6.48. The lowest BCUT2D eigenvalue weighted by Gasteiger charge is -2.00. The topological polar surface area (TPSA) is 107 Å². The zero-order valence-corrected chi connectivity index (χ0v) is 11.3. The Morgan fingerprint density at radius 3 is 2.68 bits per heavy atom. The van der Waals surface area contributed by atoms with Gasteiger partial charge in [0.1, 0.15) is 5.76 Å². The lowest BCUT2D eigenvalue weighted by Crippen LogP contribution is -2.30. The van der Waals surface area contributed by atoms with Gasteiger partial charge in [-0.05, 0) is 19.9 Å². The highest BCUT2D eigenvalue weighted by atomic mass is 32.2. The molecule has 3 N–H and O–H groups in total. The van der Waals surface area contributed by atoms with Crippen molar-refractivity contribution in [2.75, 3.05) is 0 Å². The van der Waals surface area contributed by atoms with Crippen LogP contribution in [-0.4, -0.2) is 21.0 Å². The van der Waals surface area contributed by atoms with E-state index >= 15 is 0 Å². The molecule has 0 saturated heterocycles. The third-order valence-electron chi connectivity index (χ3n) is 2.23. The third-order valence-corrected chi connectivity index (χ3v) is 3.10. The number of nitrogens with two attached hydrogens (primary N) is 1. The van der Waals surface area contributed by atoms with Gasteiger partial charge in [0.15, 0.2) is 10.9 Å². The first-order valence-electron chi connectivity index (χ1n) is 5.50. The van der Waals surface area contributed by atoms with Crippen LogP contribution in [0.4, 0.5) is 0 Å². The number of rotatable bonds is 4. The summed E-state index contributed by atoms with van der Waals surface area (Å²) < 4.78 is 5.03. The van der Waals surface area contributed by atoms with Crippen LogP contribution >= 0.6 is 11.8 Å². The molecule has 2 aromatic heterocycles. The number of nitrogens with zero attached hydrogens (tertiary/aromatic N) is 3. The maximum Gasteiger partial charge on any atom is 0.287 e. The first kappa shape index (κ1) is 13.5. The SMILES string of the molecule is Cc1cc(C)nc(SCc2cc(C(=O)NN)no2)n1. The van der Waals surface area contributed by atoms with Crippen LogP contribution in [0.1, 0.15) is 27.6 Å². The second kappa shape index (κ2) is 5.81. The number of carbonyl (C=O) groups is 1. The number of nitrogens with one attached hydrogen (secondary N) is 1. The minimum Gasteiger partial charge on any atom is -0.360 e. The number of aromatic nitrogens is 3. The molecule has 0 spiro atoms. The van der Waals surface area contributed by atoms with E-state index in [1.54, 1.807) is 0 Å². The molecular formula is C11H13N5O2S. The van der Waals surface area contributed by atoms with Gasteiger partial charge in [-0.15, -0.1) is 0 Å². The van der Waals surface area contributed by atoms with E-state index in [0.717, 1.165) is 11.4 Å². The molecule has 0 atom stereocenters. The molecular weight excluding hydrogens is 266 g/mol. The van der Waals surface area contributed by atoms with Crippen LogP contribution in [0.5, 0.6) is 0 Å². The summed E-state index contributed by atoms with van der Waals surface area (Å²) in [4.78, 5) is 19.8. The number of nitrogen functional groups attached to an aromatic ring is 1. The molecule has 0 radical (unpaired) electrons. The van der Waals surface area contributed by atoms with E-state index in [0.29, 0.717) is 16.7 Å². The Bertz CT molecular complexity index is 578. The molecule has 0 bridgehead atoms. The summed E-state index contributed by atoms with van der Waals surface area (Å²) in [5.41, 5.74) is 3.97. The van der Waals surface area contributed by atoms with Crippen molar-refractivity contribution >= 4 is 17.7 Å². The molecule has 0 fully saturated rings. The second-order valence-corrected chi connectivity index (χ2v) is 4.82. The molecule has 0 saturated carbocycles. The lowest BCUT2D eigenvalue weighted by molar-refractivity contribution is 0.0944. The maximum absolute atomic E-state index is 11.2. The molecule has 7 nitrogen and oxygen atoms in total. The molecule has 0 unspecified atom stereocenters. The first-order chi connectivity index (χ1) is 9.08. The summed E-state index contributed by atoms with van der Waals surface area (Å²) in [6.07, 6.45) is 0. The van der Waals surface area contributed by atoms with Crippen LogP contribution in [0, 0.1) is 13.8 Å². The normalized spacial score (nSPS) is 10.5. The van der Waals surface area contributed by atoms with Gasteiger partial charge in [0.2, 0.25) is 0 Å². The molecule has 2 heterocycles. The Labute approximate surface area is 113 Å². The quantitative estimate of drug-likeness (QED) is 0.282. The van der Waals surface area contributed by atoms with E-state index in [4.69, 9.17) is 10.4 Å². The zero-order valence-electron chi connectivity index (χ0n) is 10.5. The maximum atomic E-state index is 11.2. The molecule has 0 aromatic carbocycles. The molecule has 2 aromatic rings. The van der Waals surface area contributed by atoms with E-state index in [-0.39, 0.29) is 5.69 Å². The van der Waals surface area contributed by atoms with E-state index in [1.165, 1.54) is 17.8 Å². The monoisotopic (exact) mass is 279 g/mol. The van der Waals surface area contributed by atoms with Gasteiger partial charge < -0.3 is 4.52 Å². The molecule has 100 valence electrons. The van der Waals surface area contributed by atoms with E-state index in [1.807, 2.05) is 25.3 Å². The molecule has 2 rings (SSSR count). The van der Waals surface area contributed by atoms with Gasteiger partial charge in [0.05, 0.1) is 5.75 Å². The van der Waals surface area contributed by atoms with Crippen LogP contribution in [-0.2, 0) is 5.75 Å². The lowest BCUT2D eigenvalue weighted by atomic mass is 10.4. The van der Waals surface area contributed by atoms with Crippen LogP contribution in [0.25, 0.3) is 0 Å². The number of hydrogen-bond donors (Lipinski definition) is 2. The molecule has 0 aliphatic heterocycles. The van der Waals surface area contributed by atoms with Crippen molar-refractivity contribution in [3.05, 3.63) is 35.0 Å². The van der Waals surface area contributed by atoms with Crippen molar-refractivity contribution < 1.29 is 9.32 Å². The zero-order chi connectivity index (χ0) is 13.8. The number of thioether (sulfide) groups is 1. The molecule has 19 heavy (non-hydrogen) atoms. The molecule has 0 aliphatic carbocycles. The van der Waals surface area contributed by atoms with Gasteiger partial charge in [-0.25, -0.2) is 15.8 Å². The van der Waals surface area contributed by atoms with Crippen molar-refractivity contribution in [3.8, 4) is 0 Å². The highest BCUT2D eigenvalue weighted by Crippen LogP contribution is 2.20.